The summed E-state index contributed by atoms with van der Waals surface area (Å²) >= 11 is 12.1. The molecule has 1 aromatic carbocycles. The van der Waals surface area contributed by atoms with E-state index in [1.54, 1.807) is 0 Å². The van der Waals surface area contributed by atoms with E-state index in [2.05, 4.69) is 17.3 Å². The van der Waals surface area contributed by atoms with Gasteiger partial charge in [-0.25, -0.2) is 4.68 Å². The Morgan fingerprint density at radius 2 is 2.10 bits per heavy atom. The van der Waals surface area contributed by atoms with Gasteiger partial charge in [0, 0.05) is 23.8 Å². The zero-order valence-corrected chi connectivity index (χ0v) is 13.6. The smallest absolute Gasteiger partial charge is 0.0664 e. The lowest BCUT2D eigenvalue weighted by molar-refractivity contribution is 0.676. The van der Waals surface area contributed by atoms with Gasteiger partial charge in [0.25, 0.3) is 0 Å². The Labute approximate surface area is 135 Å². The molecule has 0 atom stereocenters. The molecule has 112 valence electrons. The molecule has 1 aromatic heterocycles. The molecule has 1 aliphatic rings. The molecule has 0 bridgehead atoms. The highest BCUT2D eigenvalue weighted by atomic mass is 35.5. The summed E-state index contributed by atoms with van der Waals surface area (Å²) in [5.74, 6) is 0. The van der Waals surface area contributed by atoms with Gasteiger partial charge in [0.2, 0.25) is 0 Å². The van der Waals surface area contributed by atoms with E-state index in [1.165, 1.54) is 24.1 Å². The van der Waals surface area contributed by atoms with Gasteiger partial charge in [-0.2, -0.15) is 5.10 Å². The molecular formula is C16H19Cl2N3. The fourth-order valence-corrected chi connectivity index (χ4v) is 2.73. The van der Waals surface area contributed by atoms with Crippen molar-refractivity contribution in [2.24, 2.45) is 0 Å². The van der Waals surface area contributed by atoms with Gasteiger partial charge < -0.3 is 5.32 Å². The number of nitrogens with zero attached hydrogens (tertiary/aromatic N) is 2. The molecule has 2 aromatic rings. The van der Waals surface area contributed by atoms with Crippen LogP contribution in [0, 0.1) is 0 Å². The van der Waals surface area contributed by atoms with Crippen molar-refractivity contribution < 1.29 is 0 Å². The molecule has 0 amide bonds. The number of hydrogen-bond acceptors (Lipinski definition) is 2. The Kier molecular flexibility index (Phi) is 4.53. The second kappa shape index (κ2) is 6.39. The molecule has 1 aliphatic carbocycles. The quantitative estimate of drug-likeness (QED) is 0.854. The molecule has 3 rings (SSSR count). The van der Waals surface area contributed by atoms with Crippen LogP contribution in [0.4, 0.5) is 0 Å². The maximum Gasteiger partial charge on any atom is 0.0664 e. The Morgan fingerprint density at radius 1 is 1.29 bits per heavy atom. The van der Waals surface area contributed by atoms with Crippen LogP contribution >= 0.6 is 23.2 Å². The minimum absolute atomic E-state index is 0.560. The van der Waals surface area contributed by atoms with Crippen LogP contribution in [-0.2, 0) is 13.0 Å². The van der Waals surface area contributed by atoms with Crippen LogP contribution in [0.25, 0.3) is 5.69 Å². The Balaban J connectivity index is 1.90. The van der Waals surface area contributed by atoms with Gasteiger partial charge in [-0.3, -0.25) is 0 Å². The summed E-state index contributed by atoms with van der Waals surface area (Å²) in [6.07, 6.45) is 6.64. The van der Waals surface area contributed by atoms with Crippen LogP contribution in [0.3, 0.4) is 0 Å². The maximum atomic E-state index is 6.13. The summed E-state index contributed by atoms with van der Waals surface area (Å²) < 4.78 is 1.98. The molecule has 1 heterocycles. The molecule has 1 N–H and O–H groups in total. The van der Waals surface area contributed by atoms with Crippen molar-refractivity contribution in [3.8, 4) is 5.69 Å². The molecule has 3 nitrogen and oxygen atoms in total. The van der Waals surface area contributed by atoms with E-state index in [0.717, 1.165) is 25.1 Å². The predicted molar refractivity (Wildman–Crippen MR) is 87.4 cm³/mol. The van der Waals surface area contributed by atoms with Gasteiger partial charge in [0.1, 0.15) is 0 Å². The third-order valence-corrected chi connectivity index (χ3v) is 4.49. The van der Waals surface area contributed by atoms with E-state index in [-0.39, 0.29) is 0 Å². The van der Waals surface area contributed by atoms with Crippen LogP contribution < -0.4 is 5.32 Å². The first kappa shape index (κ1) is 14.9. The third-order valence-electron chi connectivity index (χ3n) is 3.75. The molecule has 0 radical (unpaired) electrons. The highest BCUT2D eigenvalue weighted by molar-refractivity contribution is 6.42. The summed E-state index contributed by atoms with van der Waals surface area (Å²) in [5.41, 5.74) is 3.49. The fraction of sp³-hybridized carbons (Fsp3) is 0.438. The van der Waals surface area contributed by atoms with Crippen molar-refractivity contribution >= 4 is 23.2 Å². The lowest BCUT2D eigenvalue weighted by atomic mass is 10.1. The number of hydrogen-bond donors (Lipinski definition) is 1. The van der Waals surface area contributed by atoms with E-state index in [9.17, 15) is 0 Å². The van der Waals surface area contributed by atoms with Crippen molar-refractivity contribution in [3.63, 3.8) is 0 Å². The van der Waals surface area contributed by atoms with Crippen molar-refractivity contribution in [3.05, 3.63) is 45.7 Å². The van der Waals surface area contributed by atoms with Gasteiger partial charge in [0.05, 0.1) is 21.9 Å². The first-order valence-corrected chi connectivity index (χ1v) is 8.19. The number of halogens is 2. The molecule has 5 heteroatoms. The van der Waals surface area contributed by atoms with E-state index in [1.807, 2.05) is 29.1 Å². The van der Waals surface area contributed by atoms with Crippen LogP contribution in [0.5, 0.6) is 0 Å². The minimum Gasteiger partial charge on any atom is -0.310 e. The minimum atomic E-state index is 0.560. The summed E-state index contributed by atoms with van der Waals surface area (Å²) in [4.78, 5) is 0. The van der Waals surface area contributed by atoms with Gasteiger partial charge >= 0.3 is 0 Å². The maximum absolute atomic E-state index is 6.13. The number of nitrogens with one attached hydrogen (secondary N) is 1. The summed E-state index contributed by atoms with van der Waals surface area (Å²) in [6, 6.07) is 6.35. The van der Waals surface area contributed by atoms with E-state index >= 15 is 0 Å². The molecule has 0 spiro atoms. The molecular weight excluding hydrogens is 305 g/mol. The summed E-state index contributed by atoms with van der Waals surface area (Å²) in [7, 11) is 0. The van der Waals surface area contributed by atoms with Crippen molar-refractivity contribution in [2.75, 3.05) is 0 Å². The Hall–Kier alpha value is -1.03. The van der Waals surface area contributed by atoms with Crippen LogP contribution in [-0.4, -0.2) is 15.8 Å². The zero-order chi connectivity index (χ0) is 14.8. The Bertz CT molecular complexity index is 632. The lowest BCUT2D eigenvalue weighted by Gasteiger charge is -2.10. The normalized spacial score (nSPS) is 14.6. The fourth-order valence-electron chi connectivity index (χ4n) is 2.44. The number of aromatic nitrogens is 2. The number of benzene rings is 1. The van der Waals surface area contributed by atoms with Crippen molar-refractivity contribution in [1.29, 1.82) is 0 Å². The standard InChI is InChI=1S/C16H19Cl2N3/c1-2-3-16-11(9-19-12-4-5-12)10-20-21(16)13-6-7-14(17)15(18)8-13/h6-8,10,12,19H,2-5,9H2,1H3. The topological polar surface area (TPSA) is 29.9 Å². The lowest BCUT2D eigenvalue weighted by Crippen LogP contribution is -2.16. The average Bonchev–Trinajstić information content (AvgIpc) is 3.22. The van der Waals surface area contributed by atoms with E-state index < -0.39 is 0 Å². The molecule has 1 fully saturated rings. The van der Waals surface area contributed by atoms with Gasteiger partial charge in [-0.15, -0.1) is 0 Å². The monoisotopic (exact) mass is 323 g/mol. The number of rotatable bonds is 6. The van der Waals surface area contributed by atoms with Crippen molar-refractivity contribution in [1.82, 2.24) is 15.1 Å². The zero-order valence-electron chi connectivity index (χ0n) is 12.1. The highest BCUT2D eigenvalue weighted by Gasteiger charge is 2.21. The summed E-state index contributed by atoms with van der Waals surface area (Å²) in [5, 5.41) is 9.24. The second-order valence-corrected chi connectivity index (χ2v) is 6.35. The average molecular weight is 324 g/mol. The van der Waals surface area contributed by atoms with Crippen LogP contribution in [0.1, 0.15) is 37.4 Å². The molecule has 0 unspecified atom stereocenters. The van der Waals surface area contributed by atoms with Crippen LogP contribution in [0.15, 0.2) is 24.4 Å². The Morgan fingerprint density at radius 3 is 2.76 bits per heavy atom. The largest absolute Gasteiger partial charge is 0.310 e. The van der Waals surface area contributed by atoms with E-state index in [0.29, 0.717) is 16.1 Å². The predicted octanol–water partition coefficient (Wildman–Crippen LogP) is 4.38. The van der Waals surface area contributed by atoms with Gasteiger partial charge in [-0.05, 0) is 37.5 Å². The first-order valence-electron chi connectivity index (χ1n) is 7.43. The molecule has 0 saturated heterocycles. The first-order chi connectivity index (χ1) is 10.2. The van der Waals surface area contributed by atoms with Gasteiger partial charge in [0.15, 0.2) is 0 Å². The van der Waals surface area contributed by atoms with Crippen molar-refractivity contribution in [2.45, 2.75) is 45.2 Å². The molecule has 0 aliphatic heterocycles. The SMILES string of the molecule is CCCc1c(CNC2CC2)cnn1-c1ccc(Cl)c(Cl)c1. The third kappa shape index (κ3) is 3.42. The highest BCUT2D eigenvalue weighted by Crippen LogP contribution is 2.26. The van der Waals surface area contributed by atoms with E-state index in [4.69, 9.17) is 23.2 Å². The van der Waals surface area contributed by atoms with Crippen LogP contribution in [0.2, 0.25) is 10.0 Å². The van der Waals surface area contributed by atoms with Gasteiger partial charge in [-0.1, -0.05) is 36.5 Å². The molecule has 21 heavy (non-hydrogen) atoms. The summed E-state index contributed by atoms with van der Waals surface area (Å²) in [6.45, 7) is 3.08. The molecule has 1 saturated carbocycles. The second-order valence-electron chi connectivity index (χ2n) is 5.53.